The predicted molar refractivity (Wildman–Crippen MR) is 78.2 cm³/mol. The normalized spacial score (nSPS) is 10.9. The summed E-state index contributed by atoms with van der Waals surface area (Å²) in [5.41, 5.74) is 0.930. The molecule has 0 bridgehead atoms. The summed E-state index contributed by atoms with van der Waals surface area (Å²) in [6, 6.07) is 0. The number of hydrogen-bond acceptors (Lipinski definition) is 3. The number of aromatic nitrogens is 2. The SMILES string of the molecule is Cc1c(Cl)ncnc1NCCCCCCC(C)C. The lowest BCUT2D eigenvalue weighted by molar-refractivity contribution is 0.523. The molecule has 0 aliphatic rings. The van der Waals surface area contributed by atoms with Crippen molar-refractivity contribution in [3.63, 3.8) is 0 Å². The molecule has 0 saturated carbocycles. The molecular formula is C14H24ClN3. The van der Waals surface area contributed by atoms with Crippen molar-refractivity contribution in [3.8, 4) is 0 Å². The Morgan fingerprint density at radius 2 is 1.89 bits per heavy atom. The molecule has 0 spiro atoms. The van der Waals surface area contributed by atoms with Crippen molar-refractivity contribution in [2.45, 2.75) is 52.9 Å². The van der Waals surface area contributed by atoms with E-state index in [9.17, 15) is 0 Å². The molecule has 0 amide bonds. The summed E-state index contributed by atoms with van der Waals surface area (Å²) >= 11 is 5.93. The molecule has 0 atom stereocenters. The van der Waals surface area contributed by atoms with Gasteiger partial charge in [0.25, 0.3) is 0 Å². The van der Waals surface area contributed by atoms with Crippen molar-refractivity contribution in [1.82, 2.24) is 9.97 Å². The van der Waals surface area contributed by atoms with Crippen molar-refractivity contribution in [2.24, 2.45) is 5.92 Å². The topological polar surface area (TPSA) is 37.8 Å². The average molecular weight is 270 g/mol. The predicted octanol–water partition coefficient (Wildman–Crippen LogP) is 4.46. The van der Waals surface area contributed by atoms with Crippen LogP contribution in [0.2, 0.25) is 5.15 Å². The van der Waals surface area contributed by atoms with Gasteiger partial charge in [0, 0.05) is 12.1 Å². The van der Waals surface area contributed by atoms with Gasteiger partial charge in [-0.1, -0.05) is 51.1 Å². The van der Waals surface area contributed by atoms with Crippen LogP contribution < -0.4 is 5.32 Å². The van der Waals surface area contributed by atoms with Crippen LogP contribution in [-0.2, 0) is 0 Å². The number of halogens is 1. The van der Waals surface area contributed by atoms with Gasteiger partial charge in [0.1, 0.15) is 17.3 Å². The fourth-order valence-corrected chi connectivity index (χ4v) is 1.98. The fraction of sp³-hybridized carbons (Fsp3) is 0.714. The molecule has 18 heavy (non-hydrogen) atoms. The molecule has 1 N–H and O–H groups in total. The molecule has 3 nitrogen and oxygen atoms in total. The van der Waals surface area contributed by atoms with Gasteiger partial charge in [0.05, 0.1) is 0 Å². The highest BCUT2D eigenvalue weighted by Gasteiger charge is 2.03. The van der Waals surface area contributed by atoms with E-state index in [1.54, 1.807) is 0 Å². The van der Waals surface area contributed by atoms with Crippen LogP contribution in [0.3, 0.4) is 0 Å². The van der Waals surface area contributed by atoms with Gasteiger partial charge >= 0.3 is 0 Å². The lowest BCUT2D eigenvalue weighted by atomic mass is 10.0. The maximum Gasteiger partial charge on any atom is 0.137 e. The average Bonchev–Trinajstić information content (AvgIpc) is 2.32. The quantitative estimate of drug-likeness (QED) is 0.559. The minimum absolute atomic E-state index is 0.532. The standard InChI is InChI=1S/C14H24ClN3/c1-11(2)8-6-4-5-7-9-16-14-12(3)13(15)17-10-18-14/h10-11H,4-9H2,1-3H3,(H,16,17,18). The molecule has 0 aromatic carbocycles. The summed E-state index contributed by atoms with van der Waals surface area (Å²) in [5.74, 6) is 1.69. The van der Waals surface area contributed by atoms with Gasteiger partial charge in [-0.2, -0.15) is 0 Å². The van der Waals surface area contributed by atoms with Crippen molar-refractivity contribution in [3.05, 3.63) is 17.0 Å². The molecule has 1 rings (SSSR count). The maximum absolute atomic E-state index is 5.93. The maximum atomic E-state index is 5.93. The highest BCUT2D eigenvalue weighted by Crippen LogP contribution is 2.17. The van der Waals surface area contributed by atoms with Crippen molar-refractivity contribution in [1.29, 1.82) is 0 Å². The molecule has 0 fully saturated rings. The fourth-order valence-electron chi connectivity index (χ4n) is 1.84. The van der Waals surface area contributed by atoms with E-state index < -0.39 is 0 Å². The lowest BCUT2D eigenvalue weighted by Crippen LogP contribution is -2.05. The van der Waals surface area contributed by atoms with Crippen LogP contribution in [-0.4, -0.2) is 16.5 Å². The monoisotopic (exact) mass is 269 g/mol. The number of unbranched alkanes of at least 4 members (excludes halogenated alkanes) is 3. The first-order chi connectivity index (χ1) is 8.61. The van der Waals surface area contributed by atoms with E-state index in [-0.39, 0.29) is 0 Å². The van der Waals surface area contributed by atoms with Crippen LogP contribution in [0, 0.1) is 12.8 Å². The van der Waals surface area contributed by atoms with Crippen LogP contribution in [0.5, 0.6) is 0 Å². The molecule has 1 heterocycles. The molecule has 0 aliphatic heterocycles. The number of nitrogens with one attached hydrogen (secondary N) is 1. The number of rotatable bonds is 8. The molecule has 4 heteroatoms. The van der Waals surface area contributed by atoms with Gasteiger partial charge in [-0.3, -0.25) is 0 Å². The summed E-state index contributed by atoms with van der Waals surface area (Å²) in [7, 11) is 0. The van der Waals surface area contributed by atoms with Crippen molar-refractivity contribution < 1.29 is 0 Å². The van der Waals surface area contributed by atoms with Crippen LogP contribution >= 0.6 is 11.6 Å². The van der Waals surface area contributed by atoms with E-state index in [2.05, 4.69) is 29.1 Å². The second-order valence-corrected chi connectivity index (χ2v) is 5.52. The first-order valence-corrected chi connectivity index (χ1v) is 7.20. The van der Waals surface area contributed by atoms with E-state index in [0.29, 0.717) is 5.15 Å². The molecular weight excluding hydrogens is 246 g/mol. The van der Waals surface area contributed by atoms with E-state index in [1.165, 1.54) is 38.4 Å². The molecule has 0 saturated heterocycles. The highest BCUT2D eigenvalue weighted by molar-refractivity contribution is 6.30. The molecule has 0 aliphatic carbocycles. The highest BCUT2D eigenvalue weighted by atomic mass is 35.5. The van der Waals surface area contributed by atoms with Gasteiger partial charge in [-0.15, -0.1) is 0 Å². The van der Waals surface area contributed by atoms with E-state index >= 15 is 0 Å². The zero-order valence-electron chi connectivity index (χ0n) is 11.7. The second kappa shape index (κ2) is 8.30. The summed E-state index contributed by atoms with van der Waals surface area (Å²) < 4.78 is 0. The number of nitrogens with zero attached hydrogens (tertiary/aromatic N) is 2. The Kier molecular flexibility index (Phi) is 7.02. The number of hydrogen-bond donors (Lipinski definition) is 1. The first-order valence-electron chi connectivity index (χ1n) is 6.82. The Labute approximate surface area is 115 Å². The second-order valence-electron chi connectivity index (χ2n) is 5.16. The molecule has 0 unspecified atom stereocenters. The summed E-state index contributed by atoms with van der Waals surface area (Å²) in [4.78, 5) is 8.13. The molecule has 1 aromatic rings. The summed E-state index contributed by atoms with van der Waals surface area (Å²) in [6.45, 7) is 7.45. The van der Waals surface area contributed by atoms with Crippen molar-refractivity contribution in [2.75, 3.05) is 11.9 Å². The Bertz CT molecular complexity index is 353. The number of anilines is 1. The van der Waals surface area contributed by atoms with Crippen molar-refractivity contribution >= 4 is 17.4 Å². The summed E-state index contributed by atoms with van der Waals surface area (Å²) in [6.07, 6.45) is 7.96. The summed E-state index contributed by atoms with van der Waals surface area (Å²) in [5, 5.41) is 3.85. The zero-order valence-corrected chi connectivity index (χ0v) is 12.4. The van der Waals surface area contributed by atoms with E-state index in [1.807, 2.05) is 6.92 Å². The van der Waals surface area contributed by atoms with Crippen LogP contribution in [0.4, 0.5) is 5.82 Å². The first kappa shape index (κ1) is 15.2. The van der Waals surface area contributed by atoms with Crippen LogP contribution in [0.1, 0.15) is 51.5 Å². The third kappa shape index (κ3) is 5.67. The Hall–Kier alpha value is -0.830. The van der Waals surface area contributed by atoms with Crippen LogP contribution in [0.25, 0.3) is 0 Å². The largest absolute Gasteiger partial charge is 0.370 e. The van der Waals surface area contributed by atoms with Gasteiger partial charge in [0.15, 0.2) is 0 Å². The lowest BCUT2D eigenvalue weighted by Gasteiger charge is -2.08. The molecule has 1 aromatic heterocycles. The van der Waals surface area contributed by atoms with Gasteiger partial charge in [0.2, 0.25) is 0 Å². The zero-order chi connectivity index (χ0) is 13.4. The molecule has 102 valence electrons. The Morgan fingerprint density at radius 1 is 1.17 bits per heavy atom. The van der Waals surface area contributed by atoms with E-state index in [4.69, 9.17) is 11.6 Å². The van der Waals surface area contributed by atoms with E-state index in [0.717, 1.165) is 23.8 Å². The Balaban J connectivity index is 2.13. The van der Waals surface area contributed by atoms with Gasteiger partial charge in [-0.05, 0) is 19.3 Å². The van der Waals surface area contributed by atoms with Crippen LogP contribution in [0.15, 0.2) is 6.33 Å². The minimum Gasteiger partial charge on any atom is -0.370 e. The molecule has 0 radical (unpaired) electrons. The smallest absolute Gasteiger partial charge is 0.137 e. The third-order valence-corrected chi connectivity index (χ3v) is 3.40. The third-order valence-electron chi connectivity index (χ3n) is 3.02. The minimum atomic E-state index is 0.532. The Morgan fingerprint density at radius 3 is 2.61 bits per heavy atom. The van der Waals surface area contributed by atoms with Gasteiger partial charge < -0.3 is 5.32 Å². The van der Waals surface area contributed by atoms with Gasteiger partial charge in [-0.25, -0.2) is 9.97 Å².